The SMILES string of the molecule is O=C(Cc1ccc(F)cc1Cl)CC1CNCCO1. The number of ether oxygens (including phenoxy) is 1. The van der Waals surface area contributed by atoms with Gasteiger partial charge in [-0.3, -0.25) is 4.79 Å². The Bertz CT molecular complexity index is 433. The second-order valence-corrected chi connectivity index (χ2v) is 4.76. The molecule has 5 heteroatoms. The Hall–Kier alpha value is -0.970. The van der Waals surface area contributed by atoms with E-state index < -0.39 is 5.82 Å². The Morgan fingerprint density at radius 2 is 2.39 bits per heavy atom. The van der Waals surface area contributed by atoms with E-state index in [4.69, 9.17) is 16.3 Å². The molecule has 0 bridgehead atoms. The molecule has 1 aliphatic rings. The summed E-state index contributed by atoms with van der Waals surface area (Å²) >= 11 is 5.88. The van der Waals surface area contributed by atoms with Crippen LogP contribution in [-0.2, 0) is 16.0 Å². The lowest BCUT2D eigenvalue weighted by Crippen LogP contribution is -2.39. The number of rotatable bonds is 4. The summed E-state index contributed by atoms with van der Waals surface area (Å²) in [5, 5.41) is 3.47. The van der Waals surface area contributed by atoms with Gasteiger partial charge in [0, 0.05) is 31.0 Å². The average Bonchev–Trinajstić information content (AvgIpc) is 2.34. The number of hydrogen-bond acceptors (Lipinski definition) is 3. The molecule has 1 heterocycles. The summed E-state index contributed by atoms with van der Waals surface area (Å²) in [5.74, 6) is -0.340. The molecule has 1 atom stereocenters. The molecule has 0 radical (unpaired) electrons. The lowest BCUT2D eigenvalue weighted by atomic mass is 10.0. The van der Waals surface area contributed by atoms with Crippen molar-refractivity contribution in [2.45, 2.75) is 18.9 Å². The molecular weight excluding hydrogens is 257 g/mol. The highest BCUT2D eigenvalue weighted by Crippen LogP contribution is 2.18. The monoisotopic (exact) mass is 271 g/mol. The van der Waals surface area contributed by atoms with Crippen LogP contribution >= 0.6 is 11.6 Å². The minimum atomic E-state index is -0.393. The van der Waals surface area contributed by atoms with Crippen LogP contribution in [-0.4, -0.2) is 31.6 Å². The van der Waals surface area contributed by atoms with Gasteiger partial charge in [-0.1, -0.05) is 17.7 Å². The standard InChI is InChI=1S/C13H15ClFNO2/c14-13-6-10(15)2-1-9(13)5-11(17)7-12-8-16-3-4-18-12/h1-2,6,12,16H,3-5,7-8H2. The topological polar surface area (TPSA) is 38.3 Å². The first-order valence-electron chi connectivity index (χ1n) is 5.93. The Morgan fingerprint density at radius 3 is 3.06 bits per heavy atom. The van der Waals surface area contributed by atoms with Gasteiger partial charge in [-0.2, -0.15) is 0 Å². The number of benzene rings is 1. The fraction of sp³-hybridized carbons (Fsp3) is 0.462. The number of ketones is 1. The third-order valence-electron chi connectivity index (χ3n) is 2.86. The number of hydrogen-bond donors (Lipinski definition) is 1. The molecule has 0 amide bonds. The van der Waals surface area contributed by atoms with E-state index in [1.54, 1.807) is 6.07 Å². The van der Waals surface area contributed by atoms with Crippen molar-refractivity contribution < 1.29 is 13.9 Å². The Kier molecular flexibility index (Phi) is 4.69. The summed E-state index contributed by atoms with van der Waals surface area (Å²) < 4.78 is 18.3. The molecule has 0 saturated carbocycles. The molecule has 1 unspecified atom stereocenters. The van der Waals surface area contributed by atoms with Gasteiger partial charge in [0.15, 0.2) is 0 Å². The van der Waals surface area contributed by atoms with Gasteiger partial charge in [0.25, 0.3) is 0 Å². The van der Waals surface area contributed by atoms with E-state index in [-0.39, 0.29) is 18.3 Å². The lowest BCUT2D eigenvalue weighted by molar-refractivity contribution is -0.121. The van der Waals surface area contributed by atoms with Crippen LogP contribution in [0.25, 0.3) is 0 Å². The van der Waals surface area contributed by atoms with Crippen molar-refractivity contribution in [3.63, 3.8) is 0 Å². The summed E-state index contributed by atoms with van der Waals surface area (Å²) in [6.45, 7) is 2.16. The molecule has 0 aliphatic carbocycles. The van der Waals surface area contributed by atoms with E-state index in [2.05, 4.69) is 5.32 Å². The minimum Gasteiger partial charge on any atom is -0.375 e. The van der Waals surface area contributed by atoms with Crippen molar-refractivity contribution in [3.05, 3.63) is 34.6 Å². The zero-order chi connectivity index (χ0) is 13.0. The first-order chi connectivity index (χ1) is 8.65. The van der Waals surface area contributed by atoms with Crippen LogP contribution in [0.2, 0.25) is 5.02 Å². The van der Waals surface area contributed by atoms with Gasteiger partial charge in [-0.05, 0) is 17.7 Å². The molecule has 1 fully saturated rings. The Morgan fingerprint density at radius 1 is 1.56 bits per heavy atom. The maximum atomic E-state index is 12.9. The quantitative estimate of drug-likeness (QED) is 0.910. The third kappa shape index (κ3) is 3.77. The van der Waals surface area contributed by atoms with E-state index in [0.717, 1.165) is 6.54 Å². The average molecular weight is 272 g/mol. The molecular formula is C13H15ClFNO2. The number of Topliss-reactive ketones (excluding diaryl/α,β-unsaturated/α-hetero) is 1. The van der Waals surface area contributed by atoms with Gasteiger partial charge in [0.1, 0.15) is 11.6 Å². The lowest BCUT2D eigenvalue weighted by Gasteiger charge is -2.22. The molecule has 1 N–H and O–H groups in total. The van der Waals surface area contributed by atoms with Gasteiger partial charge < -0.3 is 10.1 Å². The highest BCUT2D eigenvalue weighted by molar-refractivity contribution is 6.31. The Labute approximate surface area is 110 Å². The summed E-state index contributed by atoms with van der Waals surface area (Å²) in [5.41, 5.74) is 0.659. The normalized spacial score (nSPS) is 19.8. The van der Waals surface area contributed by atoms with Crippen molar-refractivity contribution in [1.82, 2.24) is 5.32 Å². The number of halogens is 2. The number of carbonyl (C=O) groups excluding carboxylic acids is 1. The van der Waals surface area contributed by atoms with Gasteiger partial charge in [-0.15, -0.1) is 0 Å². The third-order valence-corrected chi connectivity index (χ3v) is 3.21. The first-order valence-corrected chi connectivity index (χ1v) is 6.31. The summed E-state index contributed by atoms with van der Waals surface area (Å²) in [6, 6.07) is 4.09. The maximum Gasteiger partial charge on any atom is 0.139 e. The van der Waals surface area contributed by atoms with Crippen molar-refractivity contribution >= 4 is 17.4 Å². The van der Waals surface area contributed by atoms with Crippen LogP contribution in [0.3, 0.4) is 0 Å². The zero-order valence-corrected chi connectivity index (χ0v) is 10.7. The van der Waals surface area contributed by atoms with Crippen LogP contribution in [0, 0.1) is 5.82 Å². The molecule has 1 aromatic rings. The maximum absolute atomic E-state index is 12.9. The summed E-state index contributed by atoms with van der Waals surface area (Å²) in [4.78, 5) is 11.9. The Balaban J connectivity index is 1.90. The molecule has 98 valence electrons. The van der Waals surface area contributed by atoms with Crippen molar-refractivity contribution in [2.24, 2.45) is 0 Å². The summed E-state index contributed by atoms with van der Waals surface area (Å²) in [7, 11) is 0. The molecule has 18 heavy (non-hydrogen) atoms. The smallest absolute Gasteiger partial charge is 0.139 e. The molecule has 1 saturated heterocycles. The van der Waals surface area contributed by atoms with Gasteiger partial charge in [0.2, 0.25) is 0 Å². The second-order valence-electron chi connectivity index (χ2n) is 4.35. The van der Waals surface area contributed by atoms with Crippen LogP contribution < -0.4 is 5.32 Å². The fourth-order valence-electron chi connectivity index (χ4n) is 1.95. The molecule has 1 aromatic carbocycles. The van der Waals surface area contributed by atoms with Crippen LogP contribution in [0.5, 0.6) is 0 Å². The minimum absolute atomic E-state index is 0.0530. The predicted octanol–water partition coefficient (Wildman–Crippen LogP) is 1.97. The molecule has 1 aliphatic heterocycles. The van der Waals surface area contributed by atoms with Gasteiger partial charge >= 0.3 is 0 Å². The van der Waals surface area contributed by atoms with Gasteiger partial charge in [0.05, 0.1) is 12.7 Å². The fourth-order valence-corrected chi connectivity index (χ4v) is 2.19. The van der Waals surface area contributed by atoms with E-state index in [1.807, 2.05) is 0 Å². The second kappa shape index (κ2) is 6.27. The van der Waals surface area contributed by atoms with Crippen molar-refractivity contribution in [1.29, 1.82) is 0 Å². The summed E-state index contributed by atoms with van der Waals surface area (Å²) in [6.07, 6.45) is 0.519. The number of morpholine rings is 1. The highest BCUT2D eigenvalue weighted by atomic mass is 35.5. The van der Waals surface area contributed by atoms with Crippen molar-refractivity contribution in [3.8, 4) is 0 Å². The molecule has 0 spiro atoms. The largest absolute Gasteiger partial charge is 0.375 e. The molecule has 2 rings (SSSR count). The zero-order valence-electron chi connectivity index (χ0n) is 9.92. The molecule has 3 nitrogen and oxygen atoms in total. The first kappa shape index (κ1) is 13.5. The van der Waals surface area contributed by atoms with Crippen LogP contribution in [0.1, 0.15) is 12.0 Å². The highest BCUT2D eigenvalue weighted by Gasteiger charge is 2.18. The van der Waals surface area contributed by atoms with Crippen LogP contribution in [0.15, 0.2) is 18.2 Å². The number of carbonyl (C=O) groups is 1. The molecule has 0 aromatic heterocycles. The number of nitrogens with one attached hydrogen (secondary N) is 1. The van der Waals surface area contributed by atoms with E-state index >= 15 is 0 Å². The predicted molar refractivity (Wildman–Crippen MR) is 67.3 cm³/mol. The van der Waals surface area contributed by atoms with Gasteiger partial charge in [-0.25, -0.2) is 4.39 Å². The van der Waals surface area contributed by atoms with Crippen molar-refractivity contribution in [2.75, 3.05) is 19.7 Å². The van der Waals surface area contributed by atoms with E-state index in [1.165, 1.54) is 12.1 Å². The van der Waals surface area contributed by atoms with Crippen LogP contribution in [0.4, 0.5) is 4.39 Å². The van der Waals surface area contributed by atoms with E-state index in [0.29, 0.717) is 30.2 Å². The van der Waals surface area contributed by atoms with E-state index in [9.17, 15) is 9.18 Å².